The first kappa shape index (κ1) is 14.0. The third-order valence-corrected chi connectivity index (χ3v) is 3.17. The maximum atomic E-state index is 11.8. The minimum atomic E-state index is -4.18. The molecule has 0 atom stereocenters. The van der Waals surface area contributed by atoms with Gasteiger partial charge in [-0.15, -0.1) is 0 Å². The zero-order valence-electron chi connectivity index (χ0n) is 7.94. The lowest BCUT2D eigenvalue weighted by atomic mass is 10.3. The normalized spacial score (nSPS) is 11.6. The second-order valence-electron chi connectivity index (χ2n) is 2.85. The van der Waals surface area contributed by atoms with Gasteiger partial charge in [-0.05, 0) is 30.0 Å². The highest BCUT2D eigenvalue weighted by Crippen LogP contribution is 2.30. The maximum Gasteiger partial charge on any atom is 0.441 e. The number of hydrogen-bond acceptors (Lipinski definition) is 2. The lowest BCUT2D eigenvalue weighted by Crippen LogP contribution is -2.09. The molecule has 0 spiro atoms. The Balaban J connectivity index is 2.40. The highest BCUT2D eigenvalue weighted by atomic mass is 79.9. The molecule has 0 fully saturated rings. The summed E-state index contributed by atoms with van der Waals surface area (Å²) in [6.07, 6.45) is 0. The van der Waals surface area contributed by atoms with E-state index in [1.165, 1.54) is 0 Å². The van der Waals surface area contributed by atoms with Crippen LogP contribution in [0.3, 0.4) is 0 Å². The fourth-order valence-corrected chi connectivity index (χ4v) is 1.97. The average molecular weight is 335 g/mol. The molecule has 0 saturated heterocycles. The number of anilines is 1. The molecule has 0 radical (unpaired) electrons. The maximum absolute atomic E-state index is 11.8. The first-order valence-electron chi connectivity index (χ1n) is 4.28. The van der Waals surface area contributed by atoms with E-state index in [9.17, 15) is 13.2 Å². The molecule has 0 amide bonds. The highest BCUT2D eigenvalue weighted by molar-refractivity contribution is 9.10. The quantitative estimate of drug-likeness (QED) is 0.796. The molecule has 0 aliphatic carbocycles. The van der Waals surface area contributed by atoms with Crippen molar-refractivity contribution in [1.82, 2.24) is 0 Å². The molecule has 1 rings (SSSR count). The lowest BCUT2D eigenvalue weighted by Gasteiger charge is -2.09. The van der Waals surface area contributed by atoms with Crippen LogP contribution in [0.2, 0.25) is 5.02 Å². The van der Waals surface area contributed by atoms with E-state index in [1.54, 1.807) is 18.2 Å². The van der Waals surface area contributed by atoms with Crippen LogP contribution in [0.4, 0.5) is 18.9 Å². The number of thioether (sulfide) groups is 1. The van der Waals surface area contributed by atoms with Gasteiger partial charge in [-0.2, -0.15) is 13.2 Å². The van der Waals surface area contributed by atoms with Gasteiger partial charge < -0.3 is 5.32 Å². The molecule has 0 saturated carbocycles. The van der Waals surface area contributed by atoms with Crippen LogP contribution in [-0.4, -0.2) is 17.8 Å². The van der Waals surface area contributed by atoms with Crippen molar-refractivity contribution in [2.75, 3.05) is 17.6 Å². The molecular formula is C9H8BrClF3NS. The van der Waals surface area contributed by atoms with Gasteiger partial charge in [0.25, 0.3) is 0 Å². The topological polar surface area (TPSA) is 12.0 Å². The van der Waals surface area contributed by atoms with Crippen molar-refractivity contribution < 1.29 is 13.2 Å². The number of halogens is 5. The number of nitrogens with one attached hydrogen (secondary N) is 1. The summed E-state index contributed by atoms with van der Waals surface area (Å²) in [5.41, 5.74) is -3.55. The van der Waals surface area contributed by atoms with E-state index in [2.05, 4.69) is 21.2 Å². The van der Waals surface area contributed by atoms with Crippen LogP contribution in [0.1, 0.15) is 0 Å². The minimum Gasteiger partial charge on any atom is -0.383 e. The summed E-state index contributed by atoms with van der Waals surface area (Å²) in [7, 11) is 0. The zero-order valence-corrected chi connectivity index (χ0v) is 11.1. The highest BCUT2D eigenvalue weighted by Gasteiger charge is 2.27. The van der Waals surface area contributed by atoms with E-state index in [0.29, 0.717) is 10.7 Å². The smallest absolute Gasteiger partial charge is 0.383 e. The van der Waals surface area contributed by atoms with Gasteiger partial charge in [0.05, 0.1) is 10.7 Å². The van der Waals surface area contributed by atoms with Gasteiger partial charge in [0.1, 0.15) is 0 Å². The average Bonchev–Trinajstić information content (AvgIpc) is 2.16. The van der Waals surface area contributed by atoms with Crippen molar-refractivity contribution in [3.8, 4) is 0 Å². The molecular weight excluding hydrogens is 327 g/mol. The number of rotatable bonds is 4. The van der Waals surface area contributed by atoms with Gasteiger partial charge in [-0.3, -0.25) is 0 Å². The summed E-state index contributed by atoms with van der Waals surface area (Å²) in [6.45, 7) is 0.209. The van der Waals surface area contributed by atoms with Crippen LogP contribution in [-0.2, 0) is 0 Å². The fraction of sp³-hybridized carbons (Fsp3) is 0.333. The molecule has 90 valence electrons. The third-order valence-electron chi connectivity index (χ3n) is 1.61. The molecule has 7 heteroatoms. The molecule has 0 aliphatic rings. The zero-order chi connectivity index (χ0) is 12.2. The van der Waals surface area contributed by atoms with Crippen molar-refractivity contribution in [3.63, 3.8) is 0 Å². The van der Waals surface area contributed by atoms with E-state index in [-0.39, 0.29) is 24.1 Å². The minimum absolute atomic E-state index is 0.0493. The Labute approximate surface area is 109 Å². The SMILES string of the molecule is FC(F)(F)SCCNc1cc(Br)ccc1Cl. The van der Waals surface area contributed by atoms with Crippen LogP contribution in [0.15, 0.2) is 22.7 Å². The van der Waals surface area contributed by atoms with Gasteiger partial charge in [-0.25, -0.2) is 0 Å². The Morgan fingerprint density at radius 2 is 2.06 bits per heavy atom. The number of benzene rings is 1. The monoisotopic (exact) mass is 333 g/mol. The van der Waals surface area contributed by atoms with E-state index in [0.717, 1.165) is 4.47 Å². The van der Waals surface area contributed by atoms with Gasteiger partial charge in [-0.1, -0.05) is 27.5 Å². The summed E-state index contributed by atoms with van der Waals surface area (Å²) in [4.78, 5) is 0. The Morgan fingerprint density at radius 1 is 1.38 bits per heavy atom. The summed E-state index contributed by atoms with van der Waals surface area (Å²) in [5, 5.41) is 3.33. The predicted molar refractivity (Wildman–Crippen MR) is 66.2 cm³/mol. The van der Waals surface area contributed by atoms with Gasteiger partial charge in [0, 0.05) is 16.8 Å². The second-order valence-corrected chi connectivity index (χ2v) is 5.33. The Kier molecular flexibility index (Phi) is 5.27. The summed E-state index contributed by atoms with van der Waals surface area (Å²) >= 11 is 9.05. The van der Waals surface area contributed by atoms with Crippen molar-refractivity contribution in [3.05, 3.63) is 27.7 Å². The Hall–Kier alpha value is -0.0700. The molecule has 1 N–H and O–H groups in total. The van der Waals surface area contributed by atoms with Crippen LogP contribution in [0.5, 0.6) is 0 Å². The number of alkyl halides is 3. The van der Waals surface area contributed by atoms with Crippen molar-refractivity contribution in [2.24, 2.45) is 0 Å². The van der Waals surface area contributed by atoms with Crippen LogP contribution >= 0.6 is 39.3 Å². The Morgan fingerprint density at radius 3 is 2.69 bits per heavy atom. The first-order chi connectivity index (χ1) is 7.38. The fourth-order valence-electron chi connectivity index (χ4n) is 0.985. The number of hydrogen-bond donors (Lipinski definition) is 1. The van der Waals surface area contributed by atoms with Crippen molar-refractivity contribution in [2.45, 2.75) is 5.51 Å². The van der Waals surface area contributed by atoms with Crippen LogP contribution < -0.4 is 5.32 Å². The predicted octanol–water partition coefficient (Wildman–Crippen LogP) is 4.77. The molecule has 0 unspecified atom stereocenters. The first-order valence-corrected chi connectivity index (χ1v) is 6.44. The summed E-state index contributed by atoms with van der Waals surface area (Å²) < 4.78 is 36.3. The van der Waals surface area contributed by atoms with E-state index in [4.69, 9.17) is 11.6 Å². The van der Waals surface area contributed by atoms with Crippen molar-refractivity contribution in [1.29, 1.82) is 0 Å². The van der Waals surface area contributed by atoms with Gasteiger partial charge in [0.2, 0.25) is 0 Å². The molecule has 0 heterocycles. The molecule has 1 nitrogen and oxygen atoms in total. The molecule has 0 bridgehead atoms. The van der Waals surface area contributed by atoms with Crippen molar-refractivity contribution >= 4 is 45.0 Å². The summed E-state index contributed by atoms with van der Waals surface area (Å²) in [6, 6.07) is 5.16. The van der Waals surface area contributed by atoms with E-state index >= 15 is 0 Å². The van der Waals surface area contributed by atoms with E-state index in [1.807, 2.05) is 0 Å². The van der Waals surface area contributed by atoms with Crippen LogP contribution in [0.25, 0.3) is 0 Å². The largest absolute Gasteiger partial charge is 0.441 e. The molecule has 0 aromatic heterocycles. The van der Waals surface area contributed by atoms with E-state index < -0.39 is 5.51 Å². The molecule has 1 aromatic carbocycles. The van der Waals surface area contributed by atoms with Crippen LogP contribution in [0, 0.1) is 0 Å². The third kappa shape index (κ3) is 5.32. The van der Waals surface area contributed by atoms with Gasteiger partial charge in [0.15, 0.2) is 0 Å². The lowest BCUT2D eigenvalue weighted by molar-refractivity contribution is -0.0327. The van der Waals surface area contributed by atoms with Gasteiger partial charge >= 0.3 is 5.51 Å². The standard InChI is InChI=1S/C9H8BrClF3NS/c10-6-1-2-7(11)8(5-6)15-3-4-16-9(12,13)14/h1-2,5,15H,3-4H2. The molecule has 0 aliphatic heterocycles. The molecule has 1 aromatic rings. The second kappa shape index (κ2) is 6.02. The molecule has 16 heavy (non-hydrogen) atoms. The summed E-state index contributed by atoms with van der Waals surface area (Å²) in [5.74, 6) is -0.0493. The Bertz CT molecular complexity index is 359.